The summed E-state index contributed by atoms with van der Waals surface area (Å²) < 4.78 is 17.2. The molecular weight excluding hydrogens is 440 g/mol. The quantitative estimate of drug-likeness (QED) is 0.277. The second kappa shape index (κ2) is 10.3. The molecule has 3 aromatic carbocycles. The average Bonchev–Trinajstić information content (AvgIpc) is 3.28. The van der Waals surface area contributed by atoms with E-state index in [1.54, 1.807) is 0 Å². The zero-order valence-corrected chi connectivity index (χ0v) is 19.5. The fourth-order valence-corrected chi connectivity index (χ4v) is 4.67. The van der Waals surface area contributed by atoms with Crippen LogP contribution in [0.3, 0.4) is 0 Å². The predicted octanol–water partition coefficient (Wildman–Crippen LogP) is 5.41. The molecule has 0 saturated carbocycles. The molecule has 178 valence electrons. The number of allylic oxidation sites excluding steroid dienone is 1. The smallest absolute Gasteiger partial charge is 0.373 e. The van der Waals surface area contributed by atoms with Gasteiger partial charge in [0.05, 0.1) is 13.2 Å². The van der Waals surface area contributed by atoms with Gasteiger partial charge in [0.25, 0.3) is 0 Å². The molecule has 0 unspecified atom stereocenters. The van der Waals surface area contributed by atoms with E-state index in [-0.39, 0.29) is 24.9 Å². The molecule has 5 rings (SSSR count). The highest BCUT2D eigenvalue weighted by Crippen LogP contribution is 2.40. The van der Waals surface area contributed by atoms with E-state index in [0.29, 0.717) is 13.0 Å². The first-order valence-corrected chi connectivity index (χ1v) is 11.8. The summed E-state index contributed by atoms with van der Waals surface area (Å²) in [4.78, 5) is 12.6. The van der Waals surface area contributed by atoms with Crippen LogP contribution in [0.4, 0.5) is 0 Å². The Morgan fingerprint density at radius 3 is 2.60 bits per heavy atom. The first kappa shape index (κ1) is 23.1. The molecule has 2 atom stereocenters. The number of hydrogen-bond acceptors (Lipinski definition) is 5. The second-order valence-electron chi connectivity index (χ2n) is 8.84. The Balaban J connectivity index is 1.36. The van der Waals surface area contributed by atoms with Crippen LogP contribution in [0, 0.1) is 0 Å². The van der Waals surface area contributed by atoms with Crippen molar-refractivity contribution in [3.05, 3.63) is 119 Å². The van der Waals surface area contributed by atoms with Gasteiger partial charge in [-0.05, 0) is 51.4 Å². The molecule has 0 fully saturated rings. The van der Waals surface area contributed by atoms with Crippen molar-refractivity contribution in [2.24, 2.45) is 0 Å². The number of carbonyl (C=O) groups excluding carboxylic acids is 1. The lowest BCUT2D eigenvalue weighted by Crippen LogP contribution is -2.27. The van der Waals surface area contributed by atoms with Crippen molar-refractivity contribution < 1.29 is 24.1 Å². The van der Waals surface area contributed by atoms with Crippen molar-refractivity contribution in [2.45, 2.75) is 38.3 Å². The van der Waals surface area contributed by atoms with Crippen LogP contribution in [0.1, 0.15) is 40.2 Å². The number of fused-ring (bicyclic) bond motifs is 3. The molecular formula is C30H28O5. The summed E-state index contributed by atoms with van der Waals surface area (Å²) in [6.45, 7) is 4.05. The average molecular weight is 469 g/mol. The van der Waals surface area contributed by atoms with E-state index in [1.807, 2.05) is 30.3 Å². The van der Waals surface area contributed by atoms with Crippen molar-refractivity contribution >= 4 is 5.97 Å². The number of rotatable bonds is 8. The number of carbonyl (C=O) groups is 1. The third-order valence-electron chi connectivity index (χ3n) is 6.48. The van der Waals surface area contributed by atoms with Gasteiger partial charge in [-0.2, -0.15) is 0 Å². The zero-order chi connectivity index (χ0) is 24.2. The van der Waals surface area contributed by atoms with E-state index >= 15 is 0 Å². The summed E-state index contributed by atoms with van der Waals surface area (Å²) in [5, 5.41) is 9.24. The molecule has 0 amide bonds. The number of ether oxygens (including phenoxy) is 3. The topological polar surface area (TPSA) is 65.0 Å². The first-order chi connectivity index (χ1) is 17.1. The maximum atomic E-state index is 12.6. The van der Waals surface area contributed by atoms with Crippen LogP contribution in [0.5, 0.6) is 0 Å². The molecule has 5 heteroatoms. The lowest BCUT2D eigenvalue weighted by molar-refractivity contribution is -0.163. The van der Waals surface area contributed by atoms with Gasteiger partial charge < -0.3 is 19.3 Å². The van der Waals surface area contributed by atoms with Gasteiger partial charge in [-0.15, -0.1) is 0 Å². The molecule has 1 N–H and O–H groups in total. The van der Waals surface area contributed by atoms with E-state index in [0.717, 1.165) is 23.1 Å². The normalized spacial score (nSPS) is 18.1. The van der Waals surface area contributed by atoms with Crippen LogP contribution < -0.4 is 0 Å². The van der Waals surface area contributed by atoms with E-state index in [9.17, 15) is 9.90 Å². The minimum absolute atomic E-state index is 0.00138. The highest BCUT2D eigenvalue weighted by Gasteiger charge is 2.30. The Hall–Kier alpha value is -3.67. The lowest BCUT2D eigenvalue weighted by atomic mass is 9.90. The van der Waals surface area contributed by atoms with Crippen molar-refractivity contribution in [2.75, 3.05) is 6.61 Å². The van der Waals surface area contributed by atoms with Crippen molar-refractivity contribution in [3.8, 4) is 11.1 Å². The second-order valence-corrected chi connectivity index (χ2v) is 8.84. The van der Waals surface area contributed by atoms with Crippen LogP contribution in [-0.4, -0.2) is 24.0 Å². The fraction of sp³-hybridized carbons (Fsp3) is 0.233. The SMILES string of the molecule is C=CCOC(=O)C1=C[C@H](c2ccc3c(c2)Cc2ccccc2-3)C[C@H](OCc2ccc(CO)cc2)O1. The summed E-state index contributed by atoms with van der Waals surface area (Å²) in [6.07, 6.45) is 4.26. The highest BCUT2D eigenvalue weighted by molar-refractivity contribution is 5.86. The third-order valence-corrected chi connectivity index (χ3v) is 6.48. The van der Waals surface area contributed by atoms with Crippen LogP contribution in [-0.2, 0) is 38.6 Å². The van der Waals surface area contributed by atoms with Crippen molar-refractivity contribution in [1.82, 2.24) is 0 Å². The molecule has 5 nitrogen and oxygen atoms in total. The Morgan fingerprint density at radius 1 is 1.03 bits per heavy atom. The van der Waals surface area contributed by atoms with Gasteiger partial charge in [0, 0.05) is 12.3 Å². The van der Waals surface area contributed by atoms with Crippen molar-refractivity contribution in [1.29, 1.82) is 0 Å². The Labute approximate surface area is 205 Å². The first-order valence-electron chi connectivity index (χ1n) is 11.8. The molecule has 0 aromatic heterocycles. The Morgan fingerprint density at radius 2 is 1.80 bits per heavy atom. The lowest BCUT2D eigenvalue weighted by Gasteiger charge is -2.29. The van der Waals surface area contributed by atoms with Crippen LogP contribution in [0.2, 0.25) is 0 Å². The fourth-order valence-electron chi connectivity index (χ4n) is 4.67. The summed E-state index contributed by atoms with van der Waals surface area (Å²) >= 11 is 0. The van der Waals surface area contributed by atoms with Crippen LogP contribution in [0.25, 0.3) is 11.1 Å². The maximum Gasteiger partial charge on any atom is 0.373 e. The van der Waals surface area contributed by atoms with E-state index in [4.69, 9.17) is 14.2 Å². The van der Waals surface area contributed by atoms with Crippen LogP contribution >= 0.6 is 0 Å². The maximum absolute atomic E-state index is 12.6. The summed E-state index contributed by atoms with van der Waals surface area (Å²) in [5.74, 6) is -0.414. The molecule has 1 heterocycles. The molecule has 35 heavy (non-hydrogen) atoms. The summed E-state index contributed by atoms with van der Waals surface area (Å²) in [7, 11) is 0. The third kappa shape index (κ3) is 5.06. The molecule has 0 bridgehead atoms. The Bertz CT molecular complexity index is 1260. The molecule has 3 aromatic rings. The van der Waals surface area contributed by atoms with E-state index in [2.05, 4.69) is 49.0 Å². The van der Waals surface area contributed by atoms with E-state index in [1.165, 1.54) is 28.3 Å². The molecule has 0 radical (unpaired) electrons. The monoisotopic (exact) mass is 468 g/mol. The zero-order valence-electron chi connectivity index (χ0n) is 19.5. The summed E-state index contributed by atoms with van der Waals surface area (Å²) in [5.41, 5.74) is 8.11. The Kier molecular flexibility index (Phi) is 6.80. The minimum Gasteiger partial charge on any atom is -0.458 e. The number of benzene rings is 3. The predicted molar refractivity (Wildman–Crippen MR) is 133 cm³/mol. The van der Waals surface area contributed by atoms with Gasteiger partial charge in [-0.3, -0.25) is 0 Å². The van der Waals surface area contributed by atoms with Gasteiger partial charge in [0.2, 0.25) is 12.0 Å². The van der Waals surface area contributed by atoms with Gasteiger partial charge in [0.15, 0.2) is 0 Å². The highest BCUT2D eigenvalue weighted by atomic mass is 16.7. The standard InChI is InChI=1S/C30H28O5/c1-2-13-33-30(32)28-16-24(17-29(35-28)34-19-21-9-7-20(18-31)8-10-21)22-11-12-27-25(14-22)15-23-5-3-4-6-26(23)27/h2-12,14,16,24,29,31H,1,13,15,17-19H2/t24-,29+/m0/s1. The summed E-state index contributed by atoms with van der Waals surface area (Å²) in [6, 6.07) is 22.6. The number of esters is 1. The molecule has 1 aliphatic carbocycles. The van der Waals surface area contributed by atoms with Gasteiger partial charge in [-0.25, -0.2) is 4.79 Å². The molecule has 1 aliphatic heterocycles. The van der Waals surface area contributed by atoms with Crippen molar-refractivity contribution in [3.63, 3.8) is 0 Å². The van der Waals surface area contributed by atoms with Gasteiger partial charge in [-0.1, -0.05) is 79.4 Å². The number of aliphatic hydroxyl groups is 1. The van der Waals surface area contributed by atoms with Crippen LogP contribution in [0.15, 0.2) is 91.2 Å². The number of hydrogen-bond donors (Lipinski definition) is 1. The van der Waals surface area contributed by atoms with Gasteiger partial charge in [0.1, 0.15) is 6.61 Å². The number of aliphatic hydroxyl groups excluding tert-OH is 1. The molecule has 0 saturated heterocycles. The molecule has 0 spiro atoms. The minimum atomic E-state index is -0.598. The largest absolute Gasteiger partial charge is 0.458 e. The van der Waals surface area contributed by atoms with E-state index < -0.39 is 12.3 Å². The van der Waals surface area contributed by atoms with Gasteiger partial charge >= 0.3 is 5.97 Å². The molecule has 2 aliphatic rings.